The third-order valence-electron chi connectivity index (χ3n) is 2.88. The van der Waals surface area contributed by atoms with E-state index in [0.717, 1.165) is 23.0 Å². The van der Waals surface area contributed by atoms with Crippen LogP contribution >= 0.6 is 11.6 Å². The second kappa shape index (κ2) is 5.98. The fourth-order valence-electron chi connectivity index (χ4n) is 1.85. The summed E-state index contributed by atoms with van der Waals surface area (Å²) in [5, 5.41) is 4.22. The van der Waals surface area contributed by atoms with Gasteiger partial charge in [-0.2, -0.15) is 0 Å². The van der Waals surface area contributed by atoms with Crippen LogP contribution in [-0.2, 0) is 6.54 Å². The molecule has 1 heterocycles. The van der Waals surface area contributed by atoms with Gasteiger partial charge in [0.15, 0.2) is 0 Å². The molecule has 1 atom stereocenters. The Hall–Kier alpha value is -1.38. The Balaban J connectivity index is 1.98. The summed E-state index contributed by atoms with van der Waals surface area (Å²) in [6.07, 6.45) is 0. The van der Waals surface area contributed by atoms with Crippen LogP contribution in [0.5, 0.6) is 0 Å². The molecule has 0 bridgehead atoms. The molecule has 0 aliphatic rings. The fourth-order valence-corrected chi connectivity index (χ4v) is 2.05. The lowest BCUT2D eigenvalue weighted by atomic mass is 10.1. The normalized spacial score (nSPS) is 12.4. The standard InChI is InChI=1S/C15H17ClN2/c1-11-5-3-8-15(18-11)10-17-12(2)13-6-4-7-14(16)9-13/h3-9,12,17H,10H2,1-2H3. The summed E-state index contributed by atoms with van der Waals surface area (Å²) in [7, 11) is 0. The highest BCUT2D eigenvalue weighted by atomic mass is 35.5. The van der Waals surface area contributed by atoms with E-state index in [1.54, 1.807) is 0 Å². The molecule has 0 fully saturated rings. The van der Waals surface area contributed by atoms with Crippen LogP contribution in [0.15, 0.2) is 42.5 Å². The van der Waals surface area contributed by atoms with Gasteiger partial charge < -0.3 is 5.32 Å². The summed E-state index contributed by atoms with van der Waals surface area (Å²) in [6, 6.07) is 14.3. The molecule has 2 nitrogen and oxygen atoms in total. The lowest BCUT2D eigenvalue weighted by Gasteiger charge is -2.14. The van der Waals surface area contributed by atoms with Crippen LogP contribution in [0.2, 0.25) is 5.02 Å². The van der Waals surface area contributed by atoms with E-state index in [1.165, 1.54) is 5.56 Å². The van der Waals surface area contributed by atoms with Crippen molar-refractivity contribution >= 4 is 11.6 Å². The maximum absolute atomic E-state index is 5.99. The molecule has 1 unspecified atom stereocenters. The van der Waals surface area contributed by atoms with Crippen molar-refractivity contribution < 1.29 is 0 Å². The van der Waals surface area contributed by atoms with E-state index in [1.807, 2.05) is 43.3 Å². The molecule has 0 spiro atoms. The van der Waals surface area contributed by atoms with Gasteiger partial charge in [-0.15, -0.1) is 0 Å². The van der Waals surface area contributed by atoms with E-state index in [2.05, 4.69) is 23.3 Å². The van der Waals surface area contributed by atoms with Crippen molar-refractivity contribution in [2.45, 2.75) is 26.4 Å². The number of rotatable bonds is 4. The van der Waals surface area contributed by atoms with Crippen molar-refractivity contribution in [3.8, 4) is 0 Å². The molecule has 0 amide bonds. The maximum Gasteiger partial charge on any atom is 0.0545 e. The first-order valence-electron chi connectivity index (χ1n) is 6.06. The summed E-state index contributed by atoms with van der Waals surface area (Å²) in [6.45, 7) is 4.89. The van der Waals surface area contributed by atoms with Crippen LogP contribution in [0.4, 0.5) is 0 Å². The van der Waals surface area contributed by atoms with Crippen molar-refractivity contribution in [1.29, 1.82) is 0 Å². The number of hydrogen-bond acceptors (Lipinski definition) is 2. The predicted octanol–water partition coefficient (Wildman–Crippen LogP) is 3.89. The highest BCUT2D eigenvalue weighted by Crippen LogP contribution is 2.17. The summed E-state index contributed by atoms with van der Waals surface area (Å²) in [5.74, 6) is 0. The molecule has 0 saturated heterocycles. The van der Waals surface area contributed by atoms with Gasteiger partial charge in [0.25, 0.3) is 0 Å². The van der Waals surface area contributed by atoms with Crippen molar-refractivity contribution in [2.24, 2.45) is 0 Å². The number of benzene rings is 1. The molecule has 1 aromatic carbocycles. The lowest BCUT2D eigenvalue weighted by Crippen LogP contribution is -2.18. The first-order chi connectivity index (χ1) is 8.65. The van der Waals surface area contributed by atoms with E-state index in [4.69, 9.17) is 11.6 Å². The Morgan fingerprint density at radius 3 is 2.72 bits per heavy atom. The minimum absolute atomic E-state index is 0.256. The lowest BCUT2D eigenvalue weighted by molar-refractivity contribution is 0.567. The van der Waals surface area contributed by atoms with Crippen LogP contribution < -0.4 is 5.32 Å². The van der Waals surface area contributed by atoms with Gasteiger partial charge in [0.2, 0.25) is 0 Å². The van der Waals surface area contributed by atoms with E-state index in [9.17, 15) is 0 Å². The van der Waals surface area contributed by atoms with Crippen LogP contribution in [0.1, 0.15) is 29.9 Å². The number of aryl methyl sites for hydroxylation is 1. The van der Waals surface area contributed by atoms with Crippen LogP contribution in [0.3, 0.4) is 0 Å². The topological polar surface area (TPSA) is 24.9 Å². The molecule has 1 aromatic heterocycles. The molecule has 18 heavy (non-hydrogen) atoms. The number of nitrogens with zero attached hydrogens (tertiary/aromatic N) is 1. The number of aromatic nitrogens is 1. The largest absolute Gasteiger partial charge is 0.305 e. The fraction of sp³-hybridized carbons (Fsp3) is 0.267. The average molecular weight is 261 g/mol. The van der Waals surface area contributed by atoms with Gasteiger partial charge in [-0.25, -0.2) is 0 Å². The monoisotopic (exact) mass is 260 g/mol. The summed E-state index contributed by atoms with van der Waals surface area (Å²) >= 11 is 5.99. The van der Waals surface area contributed by atoms with Crippen LogP contribution in [-0.4, -0.2) is 4.98 Å². The zero-order chi connectivity index (χ0) is 13.0. The zero-order valence-corrected chi connectivity index (χ0v) is 11.4. The molecule has 2 rings (SSSR count). The summed E-state index contributed by atoms with van der Waals surface area (Å²) in [5.41, 5.74) is 3.30. The Kier molecular flexibility index (Phi) is 4.34. The van der Waals surface area contributed by atoms with Crippen molar-refractivity contribution in [3.05, 3.63) is 64.4 Å². The molecule has 0 radical (unpaired) electrons. The van der Waals surface area contributed by atoms with E-state index in [-0.39, 0.29) is 6.04 Å². The Morgan fingerprint density at radius 1 is 1.22 bits per heavy atom. The zero-order valence-electron chi connectivity index (χ0n) is 10.7. The molecular formula is C15H17ClN2. The summed E-state index contributed by atoms with van der Waals surface area (Å²) < 4.78 is 0. The molecular weight excluding hydrogens is 244 g/mol. The predicted molar refractivity (Wildman–Crippen MR) is 75.7 cm³/mol. The third-order valence-corrected chi connectivity index (χ3v) is 3.12. The van der Waals surface area contributed by atoms with Gasteiger partial charge in [0.1, 0.15) is 0 Å². The first-order valence-corrected chi connectivity index (χ1v) is 6.44. The second-order valence-electron chi connectivity index (χ2n) is 4.43. The molecule has 3 heteroatoms. The van der Waals surface area contributed by atoms with Gasteiger partial charge in [-0.05, 0) is 43.7 Å². The molecule has 0 aliphatic carbocycles. The van der Waals surface area contributed by atoms with Crippen LogP contribution in [0.25, 0.3) is 0 Å². The van der Waals surface area contributed by atoms with Gasteiger partial charge >= 0.3 is 0 Å². The molecule has 0 saturated carbocycles. The van der Waals surface area contributed by atoms with Gasteiger partial charge in [0.05, 0.1) is 5.69 Å². The van der Waals surface area contributed by atoms with E-state index >= 15 is 0 Å². The Labute approximate surface area is 113 Å². The molecule has 1 N–H and O–H groups in total. The number of halogens is 1. The number of nitrogens with one attached hydrogen (secondary N) is 1. The van der Waals surface area contributed by atoms with Crippen LogP contribution in [0, 0.1) is 6.92 Å². The first kappa shape index (κ1) is 13.1. The highest BCUT2D eigenvalue weighted by Gasteiger charge is 2.05. The van der Waals surface area contributed by atoms with E-state index < -0.39 is 0 Å². The Bertz CT molecular complexity index is 525. The van der Waals surface area contributed by atoms with Gasteiger partial charge in [0, 0.05) is 23.3 Å². The molecule has 2 aromatic rings. The van der Waals surface area contributed by atoms with Gasteiger partial charge in [-0.3, -0.25) is 4.98 Å². The van der Waals surface area contributed by atoms with E-state index in [0.29, 0.717) is 0 Å². The third kappa shape index (κ3) is 3.56. The number of pyridine rings is 1. The summed E-state index contributed by atoms with van der Waals surface area (Å²) in [4.78, 5) is 4.47. The minimum Gasteiger partial charge on any atom is -0.305 e. The average Bonchev–Trinajstić information content (AvgIpc) is 2.36. The minimum atomic E-state index is 0.256. The highest BCUT2D eigenvalue weighted by molar-refractivity contribution is 6.30. The van der Waals surface area contributed by atoms with Crippen molar-refractivity contribution in [3.63, 3.8) is 0 Å². The number of hydrogen-bond donors (Lipinski definition) is 1. The quantitative estimate of drug-likeness (QED) is 0.902. The van der Waals surface area contributed by atoms with Crippen molar-refractivity contribution in [2.75, 3.05) is 0 Å². The smallest absolute Gasteiger partial charge is 0.0545 e. The second-order valence-corrected chi connectivity index (χ2v) is 4.86. The Morgan fingerprint density at radius 2 is 2.00 bits per heavy atom. The maximum atomic E-state index is 5.99. The SMILES string of the molecule is Cc1cccc(CNC(C)c2cccc(Cl)c2)n1. The van der Waals surface area contributed by atoms with Gasteiger partial charge in [-0.1, -0.05) is 29.8 Å². The molecule has 94 valence electrons. The molecule has 0 aliphatic heterocycles. The van der Waals surface area contributed by atoms with Crippen molar-refractivity contribution in [1.82, 2.24) is 10.3 Å².